The maximum absolute atomic E-state index is 12.2. The summed E-state index contributed by atoms with van der Waals surface area (Å²) >= 11 is 1.55. The minimum Gasteiger partial charge on any atom is -0.449 e. The number of benzene rings is 1. The molecule has 0 bridgehead atoms. The molecule has 0 radical (unpaired) electrons. The number of ether oxygens (including phenoxy) is 1. The van der Waals surface area contributed by atoms with Crippen molar-refractivity contribution < 1.29 is 19.1 Å². The van der Waals surface area contributed by atoms with Gasteiger partial charge in [0.25, 0.3) is 5.91 Å². The first kappa shape index (κ1) is 20.2. The summed E-state index contributed by atoms with van der Waals surface area (Å²) < 4.78 is 5.03. The zero-order chi connectivity index (χ0) is 21.3. The average Bonchev–Trinajstić information content (AvgIpc) is 2.95. The lowest BCUT2D eigenvalue weighted by Crippen LogP contribution is -2.42. The van der Waals surface area contributed by atoms with Crippen LogP contribution in [0.2, 0.25) is 0 Å². The van der Waals surface area contributed by atoms with E-state index in [0.29, 0.717) is 17.2 Å². The number of fused-ring (bicyclic) bond motifs is 1. The van der Waals surface area contributed by atoms with Crippen LogP contribution in [0, 0.1) is 13.8 Å². The Bertz CT molecular complexity index is 1120. The van der Waals surface area contributed by atoms with E-state index in [4.69, 9.17) is 16.2 Å². The van der Waals surface area contributed by atoms with E-state index in [2.05, 4.69) is 9.97 Å². The fraction of sp³-hybridized carbons (Fsp3) is 0.211. The Morgan fingerprint density at radius 2 is 1.79 bits per heavy atom. The molecule has 1 aromatic carbocycles. The van der Waals surface area contributed by atoms with Gasteiger partial charge in [0.2, 0.25) is 0 Å². The van der Waals surface area contributed by atoms with E-state index in [1.807, 2.05) is 19.2 Å². The number of hydrogen-bond acceptors (Lipinski definition) is 8. The van der Waals surface area contributed by atoms with Gasteiger partial charge in [0.05, 0.1) is 10.9 Å². The Balaban J connectivity index is 1.80. The van der Waals surface area contributed by atoms with Crippen LogP contribution in [0.4, 0.5) is 10.6 Å². The summed E-state index contributed by atoms with van der Waals surface area (Å²) in [6.45, 7) is 5.33. The lowest BCUT2D eigenvalue weighted by Gasteiger charge is -2.12. The number of nitrogen functional groups attached to an aromatic ring is 1. The molecule has 9 nitrogen and oxygen atoms in total. The minimum atomic E-state index is -1.18. The second kappa shape index (κ2) is 7.84. The predicted octanol–water partition coefficient (Wildman–Crippen LogP) is 2.30. The minimum absolute atomic E-state index is 0.226. The maximum atomic E-state index is 12.2. The molecule has 0 aliphatic carbocycles. The first-order valence-electron chi connectivity index (χ1n) is 8.62. The molecule has 3 aromatic rings. The molecule has 2 heterocycles. The van der Waals surface area contributed by atoms with Crippen LogP contribution in [0.5, 0.6) is 0 Å². The highest BCUT2D eigenvalue weighted by atomic mass is 32.1. The van der Waals surface area contributed by atoms with E-state index >= 15 is 0 Å². The summed E-state index contributed by atoms with van der Waals surface area (Å²) in [6.07, 6.45) is -1.18. The Labute approximate surface area is 170 Å². The van der Waals surface area contributed by atoms with Crippen molar-refractivity contribution >= 4 is 45.3 Å². The monoisotopic (exact) mass is 413 g/mol. The number of thiophene rings is 1. The first-order chi connectivity index (χ1) is 13.7. The molecule has 1 unspecified atom stereocenters. The van der Waals surface area contributed by atoms with Gasteiger partial charge in [-0.1, -0.05) is 12.1 Å². The molecule has 0 aliphatic heterocycles. The fourth-order valence-electron chi connectivity index (χ4n) is 2.67. The lowest BCUT2D eigenvalue weighted by atomic mass is 10.1. The van der Waals surface area contributed by atoms with Crippen LogP contribution in [-0.4, -0.2) is 34.0 Å². The van der Waals surface area contributed by atoms with Crippen LogP contribution in [0.3, 0.4) is 0 Å². The first-order valence-corrected chi connectivity index (χ1v) is 9.44. The molecule has 0 aliphatic rings. The van der Waals surface area contributed by atoms with Gasteiger partial charge < -0.3 is 16.2 Å². The summed E-state index contributed by atoms with van der Waals surface area (Å²) in [4.78, 5) is 45.4. The summed E-state index contributed by atoms with van der Waals surface area (Å²) in [5, 5.41) is 2.71. The van der Waals surface area contributed by atoms with Gasteiger partial charge in [-0.25, -0.2) is 19.6 Å². The van der Waals surface area contributed by atoms with Crippen molar-refractivity contribution in [2.45, 2.75) is 26.9 Å². The predicted molar refractivity (Wildman–Crippen MR) is 109 cm³/mol. The number of anilines is 1. The van der Waals surface area contributed by atoms with Crippen molar-refractivity contribution in [1.82, 2.24) is 15.3 Å². The number of amides is 3. The smallest absolute Gasteiger partial charge is 0.338 e. The van der Waals surface area contributed by atoms with Gasteiger partial charge in [-0.2, -0.15) is 0 Å². The van der Waals surface area contributed by atoms with Crippen LogP contribution in [0.1, 0.15) is 27.7 Å². The largest absolute Gasteiger partial charge is 0.449 e. The Kier molecular flexibility index (Phi) is 5.46. The third-order valence-electron chi connectivity index (χ3n) is 4.33. The van der Waals surface area contributed by atoms with Gasteiger partial charge in [0.1, 0.15) is 10.6 Å². The molecule has 3 rings (SSSR count). The Morgan fingerprint density at radius 1 is 1.14 bits per heavy atom. The summed E-state index contributed by atoms with van der Waals surface area (Å²) in [5.74, 6) is -0.666. The number of esters is 1. The zero-order valence-electron chi connectivity index (χ0n) is 16.0. The van der Waals surface area contributed by atoms with Crippen molar-refractivity contribution in [3.8, 4) is 11.4 Å². The molecule has 3 amide bonds. The number of aryl methyl sites for hydroxylation is 2. The van der Waals surface area contributed by atoms with Gasteiger partial charge in [-0.3, -0.25) is 10.1 Å². The number of imide groups is 1. The van der Waals surface area contributed by atoms with Crippen LogP contribution in [-0.2, 0) is 9.53 Å². The topological polar surface area (TPSA) is 150 Å². The van der Waals surface area contributed by atoms with Crippen LogP contribution >= 0.6 is 11.3 Å². The molecular formula is C19H19N5O4S. The number of carbonyl (C=O) groups excluding carboxylic acids is 3. The number of nitrogens with two attached hydrogens (primary N) is 2. The Hall–Kier alpha value is -3.53. The van der Waals surface area contributed by atoms with Gasteiger partial charge >= 0.3 is 12.0 Å². The maximum Gasteiger partial charge on any atom is 0.338 e. The number of nitrogens with one attached hydrogen (secondary N) is 1. The van der Waals surface area contributed by atoms with Gasteiger partial charge in [0.15, 0.2) is 11.9 Å². The second-order valence-electron chi connectivity index (χ2n) is 6.37. The van der Waals surface area contributed by atoms with E-state index in [-0.39, 0.29) is 5.56 Å². The highest BCUT2D eigenvalue weighted by molar-refractivity contribution is 7.18. The van der Waals surface area contributed by atoms with Crippen molar-refractivity contribution in [3.63, 3.8) is 0 Å². The van der Waals surface area contributed by atoms with Crippen molar-refractivity contribution in [2.75, 3.05) is 5.73 Å². The lowest BCUT2D eigenvalue weighted by molar-refractivity contribution is -0.127. The molecule has 5 N–H and O–H groups in total. The second-order valence-corrected chi connectivity index (χ2v) is 7.58. The van der Waals surface area contributed by atoms with E-state index in [0.717, 1.165) is 20.7 Å². The summed E-state index contributed by atoms with van der Waals surface area (Å²) in [5.41, 5.74) is 13.0. The molecule has 0 spiro atoms. The van der Waals surface area contributed by atoms with Crippen LogP contribution < -0.4 is 16.8 Å². The van der Waals surface area contributed by atoms with E-state index in [9.17, 15) is 14.4 Å². The number of nitrogens with zero attached hydrogens (tertiary/aromatic N) is 2. The Morgan fingerprint density at radius 3 is 2.41 bits per heavy atom. The molecule has 10 heteroatoms. The molecular weight excluding hydrogens is 394 g/mol. The highest BCUT2D eigenvalue weighted by Gasteiger charge is 2.20. The number of hydrogen-bond donors (Lipinski definition) is 3. The van der Waals surface area contributed by atoms with Crippen molar-refractivity contribution in [1.29, 1.82) is 0 Å². The quantitative estimate of drug-likeness (QED) is 0.555. The number of carbonyl (C=O) groups is 3. The number of urea groups is 1. The molecule has 2 aromatic heterocycles. The summed E-state index contributed by atoms with van der Waals surface area (Å²) in [7, 11) is 0. The van der Waals surface area contributed by atoms with Gasteiger partial charge in [0, 0.05) is 10.4 Å². The number of primary amides is 1. The fourth-order valence-corrected chi connectivity index (χ4v) is 3.71. The normalized spacial score (nSPS) is 11.8. The molecule has 0 saturated heterocycles. The van der Waals surface area contributed by atoms with Crippen LogP contribution in [0.15, 0.2) is 24.3 Å². The molecule has 0 saturated carbocycles. The van der Waals surface area contributed by atoms with Crippen molar-refractivity contribution in [2.24, 2.45) is 5.73 Å². The zero-order valence-corrected chi connectivity index (χ0v) is 16.8. The van der Waals surface area contributed by atoms with Crippen LogP contribution in [0.25, 0.3) is 21.6 Å². The molecule has 150 valence electrons. The number of aromatic nitrogens is 2. The third kappa shape index (κ3) is 4.16. The van der Waals surface area contributed by atoms with Gasteiger partial charge in [-0.15, -0.1) is 11.3 Å². The third-order valence-corrected chi connectivity index (χ3v) is 5.44. The average molecular weight is 413 g/mol. The van der Waals surface area contributed by atoms with E-state index in [1.165, 1.54) is 19.1 Å². The molecule has 0 fully saturated rings. The highest BCUT2D eigenvalue weighted by Crippen LogP contribution is 2.33. The van der Waals surface area contributed by atoms with E-state index in [1.54, 1.807) is 23.5 Å². The van der Waals surface area contributed by atoms with Crippen molar-refractivity contribution in [3.05, 3.63) is 40.3 Å². The number of rotatable bonds is 4. The summed E-state index contributed by atoms with van der Waals surface area (Å²) in [6, 6.07) is 5.38. The molecule has 29 heavy (non-hydrogen) atoms. The standard InChI is InChI=1S/C19H19N5O4S/c1-8-10(3)29-17-13(8)14(20)22-15(23-17)11-4-6-12(7-5-11)18(26)28-9(2)16(25)24-19(21)27/h4-7,9H,1-3H3,(H2,20,22,23)(H3,21,24,25,27). The molecule has 1 atom stereocenters. The SMILES string of the molecule is Cc1sc2nc(-c3ccc(C(=O)OC(C)C(=O)NC(N)=O)cc3)nc(N)c2c1C. The van der Waals surface area contributed by atoms with Gasteiger partial charge in [-0.05, 0) is 38.5 Å². The van der Waals surface area contributed by atoms with E-state index < -0.39 is 24.0 Å².